The Labute approximate surface area is 158 Å². The van der Waals surface area contributed by atoms with Crippen LogP contribution in [-0.2, 0) is 17.9 Å². The van der Waals surface area contributed by atoms with Gasteiger partial charge in [0.25, 0.3) is 5.91 Å². The smallest absolute Gasteiger partial charge is 0.254 e. The second kappa shape index (κ2) is 8.25. The van der Waals surface area contributed by atoms with Crippen LogP contribution in [0.5, 0.6) is 0 Å². The first-order chi connectivity index (χ1) is 12.5. The van der Waals surface area contributed by atoms with E-state index < -0.39 is 5.82 Å². The van der Waals surface area contributed by atoms with E-state index in [0.717, 1.165) is 9.75 Å². The van der Waals surface area contributed by atoms with Crippen molar-refractivity contribution in [2.75, 3.05) is 5.32 Å². The molecule has 3 rings (SSSR count). The van der Waals surface area contributed by atoms with Gasteiger partial charge in [-0.05, 0) is 41.1 Å². The second-order valence-electron chi connectivity index (χ2n) is 5.70. The van der Waals surface area contributed by atoms with Crippen molar-refractivity contribution in [3.63, 3.8) is 0 Å². The van der Waals surface area contributed by atoms with E-state index in [4.69, 9.17) is 0 Å². The molecule has 26 heavy (non-hydrogen) atoms. The molecule has 0 aliphatic rings. The normalized spacial score (nSPS) is 10.5. The Kier molecular flexibility index (Phi) is 5.80. The second-order valence-corrected chi connectivity index (χ2v) is 7.76. The van der Waals surface area contributed by atoms with Crippen LogP contribution in [0, 0.1) is 5.82 Å². The molecule has 2 heterocycles. The lowest BCUT2D eigenvalue weighted by Crippen LogP contribution is -2.29. The van der Waals surface area contributed by atoms with Crippen molar-refractivity contribution in [2.45, 2.75) is 20.0 Å². The number of hydrogen-bond acceptors (Lipinski definition) is 4. The molecule has 0 aliphatic heterocycles. The molecular weight excluding hydrogens is 371 g/mol. The highest BCUT2D eigenvalue weighted by Gasteiger charge is 2.19. The maximum absolute atomic E-state index is 13.9. The first kappa shape index (κ1) is 18.3. The minimum atomic E-state index is -0.570. The zero-order valence-electron chi connectivity index (χ0n) is 14.1. The molecule has 1 aromatic carbocycles. The molecule has 0 unspecified atom stereocenters. The number of hydrogen-bond donors (Lipinski definition) is 1. The number of nitrogens with one attached hydrogen (secondary N) is 1. The summed E-state index contributed by atoms with van der Waals surface area (Å²) in [5.41, 5.74) is 0.346. The topological polar surface area (TPSA) is 49.4 Å². The van der Waals surface area contributed by atoms with Crippen molar-refractivity contribution in [2.24, 2.45) is 0 Å². The van der Waals surface area contributed by atoms with Gasteiger partial charge in [-0.15, -0.1) is 22.7 Å². The standard InChI is InChI=1S/C19H17FN2O2S2/c1-13(23)21-18-10-14(6-7-17(18)20)19(24)22(11-15-4-2-8-25-15)12-16-5-3-9-26-16/h2-10H,11-12H2,1H3,(H,21,23). The predicted octanol–water partition coefficient (Wildman–Crippen LogP) is 4.75. The molecule has 2 amide bonds. The van der Waals surface area contributed by atoms with Crippen LogP contribution in [0.2, 0.25) is 0 Å². The molecule has 134 valence electrons. The highest BCUT2D eigenvalue weighted by Crippen LogP contribution is 2.22. The molecule has 0 radical (unpaired) electrons. The van der Waals surface area contributed by atoms with Crippen LogP contribution in [0.1, 0.15) is 27.0 Å². The summed E-state index contributed by atoms with van der Waals surface area (Å²) in [7, 11) is 0. The van der Waals surface area contributed by atoms with E-state index in [9.17, 15) is 14.0 Å². The van der Waals surface area contributed by atoms with Crippen LogP contribution in [0.25, 0.3) is 0 Å². The molecule has 1 N–H and O–H groups in total. The SMILES string of the molecule is CC(=O)Nc1cc(C(=O)N(Cc2cccs2)Cc2cccs2)ccc1F. The first-order valence-corrected chi connectivity index (χ1v) is 9.70. The molecule has 7 heteroatoms. The average molecular weight is 388 g/mol. The molecule has 4 nitrogen and oxygen atoms in total. The van der Waals surface area contributed by atoms with Crippen LogP contribution in [0.4, 0.5) is 10.1 Å². The van der Waals surface area contributed by atoms with Crippen molar-refractivity contribution >= 4 is 40.2 Å². The quantitative estimate of drug-likeness (QED) is 0.662. The van der Waals surface area contributed by atoms with Gasteiger partial charge < -0.3 is 10.2 Å². The molecular formula is C19H17FN2O2S2. The summed E-state index contributed by atoms with van der Waals surface area (Å²) in [5.74, 6) is -1.17. The molecule has 0 atom stereocenters. The van der Waals surface area contributed by atoms with Gasteiger partial charge in [-0.25, -0.2) is 4.39 Å². The van der Waals surface area contributed by atoms with E-state index in [1.807, 2.05) is 35.0 Å². The minimum Gasteiger partial charge on any atom is -0.328 e. The Bertz CT molecular complexity index is 856. The van der Waals surface area contributed by atoms with Crippen LogP contribution in [0.3, 0.4) is 0 Å². The van der Waals surface area contributed by atoms with Gasteiger partial charge in [0.2, 0.25) is 5.91 Å². The third-order valence-electron chi connectivity index (χ3n) is 3.66. The van der Waals surface area contributed by atoms with Crippen LogP contribution in [0.15, 0.2) is 53.2 Å². The Morgan fingerprint density at radius 2 is 1.65 bits per heavy atom. The zero-order chi connectivity index (χ0) is 18.5. The Morgan fingerprint density at radius 1 is 1.04 bits per heavy atom. The van der Waals surface area contributed by atoms with E-state index in [0.29, 0.717) is 18.7 Å². The zero-order valence-corrected chi connectivity index (χ0v) is 15.7. The monoisotopic (exact) mass is 388 g/mol. The number of carbonyl (C=O) groups is 2. The van der Waals surface area contributed by atoms with Gasteiger partial charge in [0, 0.05) is 22.2 Å². The highest BCUT2D eigenvalue weighted by molar-refractivity contribution is 7.10. The fourth-order valence-electron chi connectivity index (χ4n) is 2.51. The maximum Gasteiger partial charge on any atom is 0.254 e. The van der Waals surface area contributed by atoms with E-state index >= 15 is 0 Å². The van der Waals surface area contributed by atoms with Crippen molar-refractivity contribution < 1.29 is 14.0 Å². The van der Waals surface area contributed by atoms with Crippen LogP contribution >= 0.6 is 22.7 Å². The summed E-state index contributed by atoms with van der Waals surface area (Å²) in [4.78, 5) is 28.1. The van der Waals surface area contributed by atoms with Gasteiger partial charge >= 0.3 is 0 Å². The van der Waals surface area contributed by atoms with Gasteiger partial charge in [-0.2, -0.15) is 0 Å². The summed E-state index contributed by atoms with van der Waals surface area (Å²) in [5, 5.41) is 6.35. The number of anilines is 1. The lowest BCUT2D eigenvalue weighted by Gasteiger charge is -2.22. The molecule has 2 aromatic heterocycles. The first-order valence-electron chi connectivity index (χ1n) is 7.94. The van der Waals surface area contributed by atoms with Gasteiger partial charge in [-0.3, -0.25) is 9.59 Å². The fraction of sp³-hybridized carbons (Fsp3) is 0.158. The maximum atomic E-state index is 13.9. The number of thiophene rings is 2. The summed E-state index contributed by atoms with van der Waals surface area (Å²) in [6.45, 7) is 2.25. The minimum absolute atomic E-state index is 0.00977. The van der Waals surface area contributed by atoms with Crippen molar-refractivity contribution in [1.82, 2.24) is 4.90 Å². The van der Waals surface area contributed by atoms with Crippen LogP contribution in [-0.4, -0.2) is 16.7 Å². The average Bonchev–Trinajstić information content (AvgIpc) is 3.29. The summed E-state index contributed by atoms with van der Waals surface area (Å²) >= 11 is 3.17. The van der Waals surface area contributed by atoms with E-state index in [1.165, 1.54) is 25.1 Å². The number of amides is 2. The summed E-state index contributed by atoms with van der Waals surface area (Å²) in [6.07, 6.45) is 0. The fourth-order valence-corrected chi connectivity index (χ4v) is 3.95. The lowest BCUT2D eigenvalue weighted by atomic mass is 10.1. The third kappa shape index (κ3) is 4.56. The Balaban J connectivity index is 1.87. The predicted molar refractivity (Wildman–Crippen MR) is 103 cm³/mol. The Hall–Kier alpha value is -2.51. The van der Waals surface area contributed by atoms with E-state index in [1.54, 1.807) is 27.6 Å². The summed E-state index contributed by atoms with van der Waals surface area (Å²) < 4.78 is 13.9. The molecule has 0 spiro atoms. The van der Waals surface area contributed by atoms with E-state index in [2.05, 4.69) is 5.32 Å². The molecule has 3 aromatic rings. The van der Waals surface area contributed by atoms with Crippen molar-refractivity contribution in [3.8, 4) is 0 Å². The summed E-state index contributed by atoms with van der Waals surface area (Å²) in [6, 6.07) is 11.9. The lowest BCUT2D eigenvalue weighted by molar-refractivity contribution is -0.114. The number of rotatable bonds is 6. The number of nitrogens with zero attached hydrogens (tertiary/aromatic N) is 1. The Morgan fingerprint density at radius 3 is 2.15 bits per heavy atom. The van der Waals surface area contributed by atoms with E-state index in [-0.39, 0.29) is 17.5 Å². The molecule has 0 fully saturated rings. The molecule has 0 bridgehead atoms. The molecule has 0 aliphatic carbocycles. The van der Waals surface area contributed by atoms with Gasteiger partial charge in [0.05, 0.1) is 18.8 Å². The third-order valence-corrected chi connectivity index (χ3v) is 5.39. The number of halogens is 1. The largest absolute Gasteiger partial charge is 0.328 e. The van der Waals surface area contributed by atoms with Gasteiger partial charge in [0.1, 0.15) is 5.82 Å². The van der Waals surface area contributed by atoms with Gasteiger partial charge in [-0.1, -0.05) is 12.1 Å². The van der Waals surface area contributed by atoms with Crippen LogP contribution < -0.4 is 5.32 Å². The molecule has 0 saturated carbocycles. The van der Waals surface area contributed by atoms with Crippen molar-refractivity contribution in [3.05, 3.63) is 74.4 Å². The highest BCUT2D eigenvalue weighted by atomic mass is 32.1. The van der Waals surface area contributed by atoms with Crippen molar-refractivity contribution in [1.29, 1.82) is 0 Å². The number of carbonyl (C=O) groups excluding carboxylic acids is 2. The molecule has 0 saturated heterocycles. The van der Waals surface area contributed by atoms with Gasteiger partial charge in [0.15, 0.2) is 0 Å². The number of benzene rings is 1.